The fourth-order valence-corrected chi connectivity index (χ4v) is 5.78. The lowest BCUT2D eigenvalue weighted by molar-refractivity contribution is -0.159. The number of piperazine rings is 1. The normalized spacial score (nSPS) is 18.8. The number of H-pyrrole nitrogens is 1. The van der Waals surface area contributed by atoms with Crippen LogP contribution in [0.1, 0.15) is 28.4 Å². The van der Waals surface area contributed by atoms with Crippen molar-refractivity contribution in [2.24, 2.45) is 0 Å². The summed E-state index contributed by atoms with van der Waals surface area (Å²) in [5.41, 5.74) is 4.69. The molecule has 1 saturated heterocycles. The van der Waals surface area contributed by atoms with Gasteiger partial charge in [0.1, 0.15) is 35.9 Å². The summed E-state index contributed by atoms with van der Waals surface area (Å²) in [5, 5.41) is 1.06. The van der Waals surface area contributed by atoms with Crippen molar-refractivity contribution in [3.8, 4) is 17.2 Å². The molecule has 3 aromatic carbocycles. The molecule has 0 saturated carbocycles. The lowest BCUT2D eigenvalue weighted by Gasteiger charge is -2.47. The average Bonchev–Trinajstić information content (AvgIpc) is 3.33. The van der Waals surface area contributed by atoms with E-state index in [0.717, 1.165) is 39.0 Å². The van der Waals surface area contributed by atoms with E-state index in [-0.39, 0.29) is 18.4 Å². The molecule has 2 unspecified atom stereocenters. The average molecular weight is 512 g/mol. The summed E-state index contributed by atoms with van der Waals surface area (Å²) in [7, 11) is 4.82. The molecule has 8 nitrogen and oxygen atoms in total. The van der Waals surface area contributed by atoms with E-state index in [4.69, 9.17) is 14.2 Å². The number of hydrogen-bond donors (Lipinski definition) is 1. The number of hydrogen-bond acceptors (Lipinski definition) is 5. The molecule has 3 heterocycles. The Bertz CT molecular complexity index is 1530. The minimum Gasteiger partial charge on any atom is -0.497 e. The second-order valence-electron chi connectivity index (χ2n) is 9.64. The zero-order chi connectivity index (χ0) is 26.4. The number of methoxy groups -OCH3 is 3. The lowest BCUT2D eigenvalue weighted by Crippen LogP contribution is -2.62. The highest BCUT2D eigenvalue weighted by Crippen LogP contribution is 2.45. The zero-order valence-corrected chi connectivity index (χ0v) is 21.6. The summed E-state index contributed by atoms with van der Waals surface area (Å²) >= 11 is 0. The Hall–Kier alpha value is -4.46. The van der Waals surface area contributed by atoms with Crippen LogP contribution in [-0.2, 0) is 22.6 Å². The van der Waals surface area contributed by atoms with Gasteiger partial charge in [-0.25, -0.2) is 0 Å². The zero-order valence-electron chi connectivity index (χ0n) is 21.6. The number of carbonyl (C=O) groups is 2. The lowest BCUT2D eigenvalue weighted by atomic mass is 9.85. The van der Waals surface area contributed by atoms with Crippen LogP contribution in [0.4, 0.5) is 0 Å². The maximum Gasteiger partial charge on any atom is 0.246 e. The molecule has 0 aliphatic carbocycles. The van der Waals surface area contributed by atoms with Gasteiger partial charge in [-0.2, -0.15) is 0 Å². The Balaban J connectivity index is 1.44. The molecule has 38 heavy (non-hydrogen) atoms. The van der Waals surface area contributed by atoms with Crippen LogP contribution in [0.3, 0.4) is 0 Å². The van der Waals surface area contributed by atoms with Gasteiger partial charge in [-0.3, -0.25) is 9.59 Å². The molecule has 2 atom stereocenters. The second kappa shape index (κ2) is 9.45. The number of carbonyl (C=O) groups excluding carboxylic acids is 2. The van der Waals surface area contributed by atoms with E-state index in [1.165, 1.54) is 0 Å². The summed E-state index contributed by atoms with van der Waals surface area (Å²) in [5.74, 6) is 1.84. The first-order valence-electron chi connectivity index (χ1n) is 12.6. The first-order valence-corrected chi connectivity index (χ1v) is 12.6. The third-order valence-corrected chi connectivity index (χ3v) is 7.61. The maximum absolute atomic E-state index is 14.0. The van der Waals surface area contributed by atoms with Gasteiger partial charge in [0, 0.05) is 41.2 Å². The highest BCUT2D eigenvalue weighted by molar-refractivity contribution is 5.97. The van der Waals surface area contributed by atoms with Crippen molar-refractivity contribution in [3.63, 3.8) is 0 Å². The van der Waals surface area contributed by atoms with Crippen molar-refractivity contribution in [2.75, 3.05) is 27.9 Å². The van der Waals surface area contributed by atoms with Gasteiger partial charge in [0.25, 0.3) is 0 Å². The molecule has 6 rings (SSSR count). The number of aromatic amines is 1. The second-order valence-corrected chi connectivity index (χ2v) is 9.64. The van der Waals surface area contributed by atoms with E-state index in [9.17, 15) is 9.59 Å². The fourth-order valence-electron chi connectivity index (χ4n) is 5.78. The van der Waals surface area contributed by atoms with E-state index in [1.807, 2.05) is 60.7 Å². The van der Waals surface area contributed by atoms with Gasteiger partial charge in [0.15, 0.2) is 0 Å². The van der Waals surface area contributed by atoms with Gasteiger partial charge in [0.2, 0.25) is 11.8 Å². The van der Waals surface area contributed by atoms with Gasteiger partial charge < -0.3 is 29.0 Å². The van der Waals surface area contributed by atoms with Crippen molar-refractivity contribution < 1.29 is 23.8 Å². The van der Waals surface area contributed by atoms with E-state index in [1.54, 1.807) is 31.1 Å². The number of benzene rings is 3. The van der Waals surface area contributed by atoms with E-state index < -0.39 is 12.1 Å². The Kier molecular flexibility index (Phi) is 5.94. The molecular weight excluding hydrogens is 482 g/mol. The molecule has 4 aromatic rings. The third-order valence-electron chi connectivity index (χ3n) is 7.61. The molecule has 1 fully saturated rings. The van der Waals surface area contributed by atoms with Gasteiger partial charge in [-0.1, -0.05) is 30.3 Å². The molecule has 2 amide bonds. The molecule has 0 spiro atoms. The minimum atomic E-state index is -0.627. The largest absolute Gasteiger partial charge is 0.497 e. The van der Waals surface area contributed by atoms with E-state index in [0.29, 0.717) is 24.5 Å². The van der Waals surface area contributed by atoms with Crippen LogP contribution in [0.5, 0.6) is 17.2 Å². The monoisotopic (exact) mass is 511 g/mol. The molecule has 0 bridgehead atoms. The number of nitrogens with one attached hydrogen (secondary N) is 1. The van der Waals surface area contributed by atoms with Crippen LogP contribution >= 0.6 is 0 Å². The number of nitrogens with zero attached hydrogens (tertiary/aromatic N) is 2. The summed E-state index contributed by atoms with van der Waals surface area (Å²) in [6.45, 7) is 0.363. The number of aromatic nitrogens is 1. The first-order chi connectivity index (χ1) is 18.5. The van der Waals surface area contributed by atoms with Gasteiger partial charge >= 0.3 is 0 Å². The van der Waals surface area contributed by atoms with Crippen molar-refractivity contribution in [2.45, 2.75) is 25.0 Å². The molecule has 2 aliphatic rings. The number of amides is 2. The number of fused-ring (bicyclic) bond motifs is 4. The Morgan fingerprint density at radius 1 is 0.895 bits per heavy atom. The van der Waals surface area contributed by atoms with E-state index in [2.05, 4.69) is 11.1 Å². The number of rotatable bonds is 6. The molecular formula is C30H29N3O5. The van der Waals surface area contributed by atoms with Crippen molar-refractivity contribution in [1.29, 1.82) is 0 Å². The molecule has 2 aliphatic heterocycles. The molecule has 0 radical (unpaired) electrons. The third kappa shape index (κ3) is 3.84. The van der Waals surface area contributed by atoms with E-state index >= 15 is 0 Å². The predicted molar refractivity (Wildman–Crippen MR) is 142 cm³/mol. The smallest absolute Gasteiger partial charge is 0.246 e. The van der Waals surface area contributed by atoms with Crippen LogP contribution in [0, 0.1) is 0 Å². The Morgan fingerprint density at radius 2 is 1.63 bits per heavy atom. The summed E-state index contributed by atoms with van der Waals surface area (Å²) in [4.78, 5) is 34.8. The number of ether oxygens (including phenoxy) is 3. The summed E-state index contributed by atoms with van der Waals surface area (Å²) < 4.78 is 16.4. The molecule has 1 aromatic heterocycles. The molecule has 1 N–H and O–H groups in total. The highest BCUT2D eigenvalue weighted by atomic mass is 16.5. The topological polar surface area (TPSA) is 84.1 Å². The van der Waals surface area contributed by atoms with Gasteiger partial charge in [-0.05, 0) is 41.5 Å². The molecule has 194 valence electrons. The predicted octanol–water partition coefficient (Wildman–Crippen LogP) is 4.08. The van der Waals surface area contributed by atoms with Crippen molar-refractivity contribution >= 4 is 22.7 Å². The minimum absolute atomic E-state index is 0.00585. The Morgan fingerprint density at radius 3 is 2.37 bits per heavy atom. The summed E-state index contributed by atoms with van der Waals surface area (Å²) in [6, 6.07) is 20.1. The Labute approximate surface area is 220 Å². The van der Waals surface area contributed by atoms with Crippen LogP contribution in [0.15, 0.2) is 66.7 Å². The maximum atomic E-state index is 14.0. The first kappa shape index (κ1) is 23.9. The van der Waals surface area contributed by atoms with Crippen LogP contribution in [0.25, 0.3) is 10.9 Å². The van der Waals surface area contributed by atoms with Crippen LogP contribution in [0.2, 0.25) is 0 Å². The van der Waals surface area contributed by atoms with Crippen LogP contribution < -0.4 is 14.2 Å². The quantitative estimate of drug-likeness (QED) is 0.422. The molecule has 8 heteroatoms. The van der Waals surface area contributed by atoms with Crippen molar-refractivity contribution in [1.82, 2.24) is 14.8 Å². The highest BCUT2D eigenvalue weighted by Gasteiger charge is 2.48. The fraction of sp³-hybridized carbons (Fsp3) is 0.267. The van der Waals surface area contributed by atoms with Gasteiger partial charge in [-0.15, -0.1) is 0 Å². The standard InChI is InChI=1S/C30H29N3O5/c1-36-19-10-8-18(9-11-19)16-32-17-27(34)33-25(30(32)35)15-23-21-6-4-5-7-24(21)31-28(23)29(33)22-13-12-20(37-2)14-26(22)38-3/h4-14,25,29,31H,15-17H2,1-3H3. The SMILES string of the molecule is COc1ccc(CN2CC(=O)N3C(Cc4c([nH]c5ccccc45)C3c3ccc(OC)cc3OC)C2=O)cc1. The van der Waals surface area contributed by atoms with Crippen LogP contribution in [-0.4, -0.2) is 60.5 Å². The number of para-hydroxylation sites is 1. The van der Waals surface area contributed by atoms with Gasteiger partial charge in [0.05, 0.1) is 21.3 Å². The van der Waals surface area contributed by atoms with Crippen molar-refractivity contribution in [3.05, 3.63) is 89.1 Å². The summed E-state index contributed by atoms with van der Waals surface area (Å²) in [6.07, 6.45) is 0.442.